The Kier molecular flexibility index (Phi) is 4.55. The molecule has 1 aliphatic rings. The van der Waals surface area contributed by atoms with Gasteiger partial charge in [0.1, 0.15) is 0 Å². The van der Waals surface area contributed by atoms with Gasteiger partial charge in [0.25, 0.3) is 0 Å². The molecule has 0 radical (unpaired) electrons. The van der Waals surface area contributed by atoms with E-state index in [9.17, 15) is 0 Å². The van der Waals surface area contributed by atoms with Crippen LogP contribution in [0.3, 0.4) is 0 Å². The van der Waals surface area contributed by atoms with Crippen molar-refractivity contribution in [2.45, 2.75) is 26.3 Å². The molecule has 98 valence electrons. The molecule has 18 heavy (non-hydrogen) atoms. The number of halogens is 1. The number of hydrogen-bond donors (Lipinski definition) is 1. The molecule has 1 aromatic rings. The normalized spacial score (nSPS) is 23.4. The first-order valence-corrected chi connectivity index (χ1v) is 6.64. The highest BCUT2D eigenvalue weighted by Gasteiger charge is 2.24. The average molecular weight is 268 g/mol. The van der Waals surface area contributed by atoms with Gasteiger partial charge >= 0.3 is 0 Å². The maximum absolute atomic E-state index is 8.95. The van der Waals surface area contributed by atoms with Crippen molar-refractivity contribution < 1.29 is 5.21 Å². The predicted molar refractivity (Wildman–Crippen MR) is 72.1 cm³/mol. The van der Waals surface area contributed by atoms with Crippen LogP contribution in [0.25, 0.3) is 0 Å². The van der Waals surface area contributed by atoms with Gasteiger partial charge < -0.3 is 5.21 Å². The zero-order valence-corrected chi connectivity index (χ0v) is 11.3. The molecule has 4 nitrogen and oxygen atoms in total. The first-order valence-electron chi connectivity index (χ1n) is 6.26. The summed E-state index contributed by atoms with van der Waals surface area (Å²) in [5.74, 6) is 0.351. The molecule has 1 atom stereocenters. The summed E-state index contributed by atoms with van der Waals surface area (Å²) in [6.07, 6.45) is 5.28. The molecule has 0 bridgehead atoms. The van der Waals surface area contributed by atoms with Gasteiger partial charge in [0.05, 0.1) is 10.7 Å². The molecular weight excluding hydrogens is 250 g/mol. The summed E-state index contributed by atoms with van der Waals surface area (Å²) in [6, 6.07) is 1.96. The summed E-state index contributed by atoms with van der Waals surface area (Å²) in [7, 11) is 0. The Balaban J connectivity index is 2.02. The molecule has 5 heteroatoms. The van der Waals surface area contributed by atoms with E-state index in [2.05, 4.69) is 22.0 Å². The average Bonchev–Trinajstić information content (AvgIpc) is 2.41. The lowest BCUT2D eigenvalue weighted by atomic mass is 9.93. The summed E-state index contributed by atoms with van der Waals surface area (Å²) < 4.78 is 0. The predicted octanol–water partition coefficient (Wildman–Crippen LogP) is 2.80. The second kappa shape index (κ2) is 6.16. The van der Waals surface area contributed by atoms with Gasteiger partial charge in [-0.15, -0.1) is 0 Å². The molecular formula is C13H18ClN3O. The lowest BCUT2D eigenvalue weighted by Gasteiger charge is -2.32. The molecule has 0 spiro atoms. The Bertz CT molecular complexity index is 436. The fourth-order valence-electron chi connectivity index (χ4n) is 2.40. The highest BCUT2D eigenvalue weighted by molar-refractivity contribution is 6.31. The monoisotopic (exact) mass is 267 g/mol. The van der Waals surface area contributed by atoms with E-state index in [0.29, 0.717) is 10.9 Å². The highest BCUT2D eigenvalue weighted by Crippen LogP contribution is 2.21. The van der Waals surface area contributed by atoms with E-state index in [1.165, 1.54) is 0 Å². The van der Waals surface area contributed by atoms with Crippen molar-refractivity contribution >= 4 is 17.3 Å². The zero-order chi connectivity index (χ0) is 13.0. The van der Waals surface area contributed by atoms with Crippen molar-refractivity contribution in [1.82, 2.24) is 9.88 Å². The molecule has 0 aromatic carbocycles. The summed E-state index contributed by atoms with van der Waals surface area (Å²) >= 11 is 6.12. The van der Waals surface area contributed by atoms with E-state index in [1.807, 2.05) is 6.07 Å². The van der Waals surface area contributed by atoms with Crippen molar-refractivity contribution in [3.8, 4) is 0 Å². The van der Waals surface area contributed by atoms with Crippen LogP contribution in [-0.2, 0) is 6.54 Å². The fourth-order valence-corrected chi connectivity index (χ4v) is 2.58. The maximum Gasteiger partial charge on any atom is 0.0634 e. The van der Waals surface area contributed by atoms with Crippen LogP contribution in [0.1, 0.15) is 25.3 Å². The molecule has 1 aliphatic heterocycles. The Morgan fingerprint density at radius 3 is 3.11 bits per heavy atom. The van der Waals surface area contributed by atoms with Gasteiger partial charge in [0.15, 0.2) is 0 Å². The topological polar surface area (TPSA) is 48.7 Å². The first kappa shape index (κ1) is 13.3. The first-order chi connectivity index (χ1) is 8.74. The standard InChI is InChI=1S/C13H18ClN3O/c1-2-10-8-17(6-4-13(10)16-18)9-11-3-5-15-7-12(11)14/h3,5,7,10,18H,2,4,6,8-9H2,1H3/b16-13+. The Morgan fingerprint density at radius 1 is 1.61 bits per heavy atom. The van der Waals surface area contributed by atoms with E-state index >= 15 is 0 Å². The summed E-state index contributed by atoms with van der Waals surface area (Å²) in [5.41, 5.74) is 2.03. The van der Waals surface area contributed by atoms with E-state index in [0.717, 1.165) is 43.8 Å². The van der Waals surface area contributed by atoms with E-state index in [-0.39, 0.29) is 0 Å². The Labute approximate surface area is 112 Å². The van der Waals surface area contributed by atoms with Crippen LogP contribution < -0.4 is 0 Å². The van der Waals surface area contributed by atoms with E-state index in [1.54, 1.807) is 12.4 Å². The molecule has 1 aromatic heterocycles. The van der Waals surface area contributed by atoms with Crippen LogP contribution in [0.15, 0.2) is 23.6 Å². The quantitative estimate of drug-likeness (QED) is 0.677. The van der Waals surface area contributed by atoms with Crippen molar-refractivity contribution in [2.24, 2.45) is 11.1 Å². The molecule has 2 rings (SSSR count). The lowest BCUT2D eigenvalue weighted by molar-refractivity contribution is 0.220. The number of oxime groups is 1. The fraction of sp³-hybridized carbons (Fsp3) is 0.538. The number of piperidine rings is 1. The molecule has 1 fully saturated rings. The lowest BCUT2D eigenvalue weighted by Crippen LogP contribution is -2.40. The third kappa shape index (κ3) is 3.00. The number of aromatic nitrogens is 1. The van der Waals surface area contributed by atoms with Crippen LogP contribution in [0, 0.1) is 5.92 Å². The van der Waals surface area contributed by atoms with Crippen molar-refractivity contribution in [1.29, 1.82) is 0 Å². The van der Waals surface area contributed by atoms with Gasteiger partial charge in [-0.2, -0.15) is 0 Å². The largest absolute Gasteiger partial charge is 0.411 e. The number of likely N-dealkylation sites (tertiary alicyclic amines) is 1. The number of nitrogens with zero attached hydrogens (tertiary/aromatic N) is 3. The summed E-state index contributed by atoms with van der Waals surface area (Å²) in [4.78, 5) is 6.34. The van der Waals surface area contributed by atoms with Crippen molar-refractivity contribution in [3.63, 3.8) is 0 Å². The highest BCUT2D eigenvalue weighted by atomic mass is 35.5. The minimum atomic E-state index is 0.351. The van der Waals surface area contributed by atoms with Gasteiger partial charge in [-0.05, 0) is 18.1 Å². The van der Waals surface area contributed by atoms with Crippen LogP contribution >= 0.6 is 11.6 Å². The Hall–Kier alpha value is -1.13. The maximum atomic E-state index is 8.95. The number of pyridine rings is 1. The van der Waals surface area contributed by atoms with Crippen LogP contribution in [0.2, 0.25) is 5.02 Å². The molecule has 0 saturated carbocycles. The Morgan fingerprint density at radius 2 is 2.44 bits per heavy atom. The molecule has 0 aliphatic carbocycles. The summed E-state index contributed by atoms with van der Waals surface area (Å²) in [5, 5.41) is 13.1. The minimum absolute atomic E-state index is 0.351. The third-order valence-corrected chi connectivity index (χ3v) is 3.85. The molecule has 1 saturated heterocycles. The summed E-state index contributed by atoms with van der Waals surface area (Å²) in [6.45, 7) is 4.79. The van der Waals surface area contributed by atoms with Crippen molar-refractivity contribution in [3.05, 3.63) is 29.0 Å². The number of rotatable bonds is 3. The van der Waals surface area contributed by atoms with Crippen LogP contribution in [0.5, 0.6) is 0 Å². The van der Waals surface area contributed by atoms with Crippen LogP contribution in [0.4, 0.5) is 0 Å². The second-order valence-corrected chi connectivity index (χ2v) is 5.06. The van der Waals surface area contributed by atoms with Gasteiger partial charge in [0.2, 0.25) is 0 Å². The molecule has 2 heterocycles. The third-order valence-electron chi connectivity index (χ3n) is 3.51. The van der Waals surface area contributed by atoms with Gasteiger partial charge in [-0.25, -0.2) is 0 Å². The molecule has 1 unspecified atom stereocenters. The van der Waals surface area contributed by atoms with Gasteiger partial charge in [-0.1, -0.05) is 23.7 Å². The van der Waals surface area contributed by atoms with Crippen molar-refractivity contribution in [2.75, 3.05) is 13.1 Å². The zero-order valence-electron chi connectivity index (χ0n) is 10.5. The van der Waals surface area contributed by atoms with E-state index < -0.39 is 0 Å². The van der Waals surface area contributed by atoms with Crippen LogP contribution in [-0.4, -0.2) is 33.9 Å². The second-order valence-electron chi connectivity index (χ2n) is 4.65. The molecule has 0 amide bonds. The smallest absolute Gasteiger partial charge is 0.0634 e. The van der Waals surface area contributed by atoms with E-state index in [4.69, 9.17) is 16.8 Å². The van der Waals surface area contributed by atoms with Gasteiger partial charge in [0, 0.05) is 44.4 Å². The SMILES string of the molecule is CCC1CN(Cc2ccncc2Cl)CC/C1=N\O. The van der Waals surface area contributed by atoms with Gasteiger partial charge in [-0.3, -0.25) is 9.88 Å². The minimum Gasteiger partial charge on any atom is -0.411 e. The number of hydrogen-bond acceptors (Lipinski definition) is 4. The molecule has 1 N–H and O–H groups in total.